The van der Waals surface area contributed by atoms with Crippen LogP contribution in [0.5, 0.6) is 0 Å². The Balaban J connectivity index is 0.000000479. The van der Waals surface area contributed by atoms with Crippen LogP contribution in [0.1, 0.15) is 195 Å². The zero-order chi connectivity index (χ0) is 33.6. The number of halogens is 1. The van der Waals surface area contributed by atoms with Gasteiger partial charge in [0.05, 0.1) is 27.7 Å². The van der Waals surface area contributed by atoms with E-state index in [1.165, 1.54) is 161 Å². The molecule has 278 valence electrons. The minimum Gasteiger partial charge on any atom is -1.00 e. The number of carbonyl (C=O) groups excluding carboxylic acids is 1. The van der Waals surface area contributed by atoms with Crippen LogP contribution < -0.4 is 51.6 Å². The van der Waals surface area contributed by atoms with Gasteiger partial charge in [-0.2, -0.15) is 0 Å². The number of quaternary nitrogens is 1. The van der Waals surface area contributed by atoms with Crippen LogP contribution >= 0.6 is 0 Å². The van der Waals surface area contributed by atoms with E-state index in [9.17, 15) is 9.90 Å². The molecule has 0 bridgehead atoms. The van der Waals surface area contributed by atoms with E-state index >= 15 is 0 Å². The number of fused-ring (bicyclic) bond motifs is 5. The molecule has 0 heterocycles. The first-order valence-corrected chi connectivity index (χ1v) is 20.9. The zero-order valence-corrected chi connectivity index (χ0v) is 37.3. The summed E-state index contributed by atoms with van der Waals surface area (Å²) >= 11 is 0. The third-order valence-electron chi connectivity index (χ3n) is 14.3. The fourth-order valence-electron chi connectivity index (χ4n) is 11.6. The van der Waals surface area contributed by atoms with Crippen LogP contribution in [-0.4, -0.2) is 38.1 Å². The van der Waals surface area contributed by atoms with Crippen molar-refractivity contribution < 1.29 is 60.9 Å². The summed E-state index contributed by atoms with van der Waals surface area (Å²) in [6, 6.07) is 0. The van der Waals surface area contributed by atoms with Gasteiger partial charge in [0.1, 0.15) is 0 Å². The minimum atomic E-state index is -0.871. The molecule has 0 radical (unpaired) electrons. The molecule has 0 saturated heterocycles. The Morgan fingerprint density at radius 1 is 0.708 bits per heavy atom. The van der Waals surface area contributed by atoms with Crippen LogP contribution in [0.25, 0.3) is 0 Å². The molecule has 4 saturated carbocycles. The monoisotopic (exact) mass is 746 g/mol. The molecule has 3 nitrogen and oxygen atoms in total. The van der Waals surface area contributed by atoms with E-state index in [-0.39, 0.29) is 53.0 Å². The van der Waals surface area contributed by atoms with Gasteiger partial charge in [-0.25, -0.2) is 0 Å². The molecule has 0 aromatic carbocycles. The molecule has 0 N–H and O–H groups in total. The van der Waals surface area contributed by atoms with Crippen molar-refractivity contribution in [3.8, 4) is 0 Å². The Morgan fingerprint density at radius 3 is 1.79 bits per heavy atom. The normalized spacial score (nSPS) is 31.5. The van der Waals surface area contributed by atoms with Crippen molar-refractivity contribution in [2.75, 3.05) is 27.7 Å². The van der Waals surface area contributed by atoms with Gasteiger partial charge in [-0.1, -0.05) is 118 Å². The Morgan fingerprint density at radius 2 is 1.25 bits per heavy atom. The van der Waals surface area contributed by atoms with Crippen molar-refractivity contribution >= 4 is 5.97 Å². The molecule has 0 aromatic heterocycles. The van der Waals surface area contributed by atoms with E-state index in [1.807, 2.05) is 0 Å². The fourth-order valence-corrected chi connectivity index (χ4v) is 11.6. The summed E-state index contributed by atoms with van der Waals surface area (Å²) in [7, 11) is 6.88. The van der Waals surface area contributed by atoms with Crippen LogP contribution in [0.15, 0.2) is 0 Å². The van der Waals surface area contributed by atoms with Crippen molar-refractivity contribution in [1.29, 1.82) is 0 Å². The van der Waals surface area contributed by atoms with Gasteiger partial charge in [0.25, 0.3) is 0 Å². The first-order chi connectivity index (χ1) is 21.9. The summed E-state index contributed by atoms with van der Waals surface area (Å²) in [5.41, 5.74) is 1.09. The van der Waals surface area contributed by atoms with Crippen LogP contribution in [0.2, 0.25) is 0 Å². The molecular formula is C43H81BrNNaO2. The van der Waals surface area contributed by atoms with Crippen LogP contribution in [0, 0.1) is 46.3 Å². The maximum atomic E-state index is 10.9. The molecule has 48 heavy (non-hydrogen) atoms. The zero-order valence-electron chi connectivity index (χ0n) is 33.7. The maximum absolute atomic E-state index is 10.9. The molecule has 1 unspecified atom stereocenters. The van der Waals surface area contributed by atoms with Gasteiger partial charge >= 0.3 is 29.6 Å². The number of aliphatic carboxylic acids is 1. The van der Waals surface area contributed by atoms with Gasteiger partial charge in [-0.05, 0) is 123 Å². The van der Waals surface area contributed by atoms with E-state index in [0.29, 0.717) is 16.7 Å². The smallest absolute Gasteiger partial charge is 1.00 e. The van der Waals surface area contributed by atoms with E-state index in [4.69, 9.17) is 0 Å². The molecule has 4 aliphatic rings. The molecule has 0 aromatic rings. The predicted octanol–water partition coefficient (Wildman–Crippen LogP) is 5.38. The SMILES string of the molecule is CCCCCCCCCCCCCCCC[N+](C)(C)C.C[C@H](CCC(=O)[O-])[C@H]1CC[C@H]2[C@@H]3CCC4CCCC[C@]4(C)[C@H]3CC[C@]12C.[Br-].[Na+]. The number of carboxylic acid groups (broad SMARTS) is 1. The first-order valence-electron chi connectivity index (χ1n) is 20.9. The first kappa shape index (κ1) is 46.9. The Kier molecular flexibility index (Phi) is 23.0. The molecule has 4 aliphatic carbocycles. The van der Waals surface area contributed by atoms with Crippen molar-refractivity contribution in [2.45, 2.75) is 195 Å². The Labute approximate surface area is 333 Å². The number of nitrogens with zero attached hydrogens (tertiary/aromatic N) is 1. The number of carboxylic acids is 1. The summed E-state index contributed by atoms with van der Waals surface area (Å²) in [5, 5.41) is 10.9. The second-order valence-corrected chi connectivity index (χ2v) is 18.6. The Bertz CT molecular complexity index is 862. The summed E-state index contributed by atoms with van der Waals surface area (Å²) < 4.78 is 1.12. The number of rotatable bonds is 19. The third-order valence-corrected chi connectivity index (χ3v) is 14.3. The van der Waals surface area contributed by atoms with E-state index < -0.39 is 5.97 Å². The summed E-state index contributed by atoms with van der Waals surface area (Å²) in [6.45, 7) is 11.2. The van der Waals surface area contributed by atoms with Crippen LogP contribution in [0.4, 0.5) is 0 Å². The van der Waals surface area contributed by atoms with Crippen molar-refractivity contribution in [1.82, 2.24) is 0 Å². The fraction of sp³-hybridized carbons (Fsp3) is 0.977. The third kappa shape index (κ3) is 14.4. The maximum Gasteiger partial charge on any atom is 1.00 e. The number of unbranched alkanes of at least 4 members (excludes halogenated alkanes) is 13. The largest absolute Gasteiger partial charge is 1.00 e. The minimum absolute atomic E-state index is 0. The van der Waals surface area contributed by atoms with E-state index in [0.717, 1.165) is 40.5 Å². The summed E-state index contributed by atoms with van der Waals surface area (Å²) in [5.74, 6) is 4.20. The second kappa shape index (κ2) is 23.5. The Hall–Kier alpha value is 0.910. The molecule has 4 fully saturated rings. The number of hydrogen-bond donors (Lipinski definition) is 0. The molecule has 0 amide bonds. The van der Waals surface area contributed by atoms with Gasteiger partial charge in [0, 0.05) is 5.97 Å². The number of carbonyl (C=O) groups is 1. The quantitative estimate of drug-likeness (QED) is 0.101. The van der Waals surface area contributed by atoms with Crippen molar-refractivity contribution in [2.24, 2.45) is 46.3 Å². The molecular weight excluding hydrogens is 665 g/mol. The predicted molar refractivity (Wildman–Crippen MR) is 196 cm³/mol. The molecule has 5 heteroatoms. The molecule has 4 rings (SSSR count). The second-order valence-electron chi connectivity index (χ2n) is 18.6. The van der Waals surface area contributed by atoms with Crippen LogP contribution in [-0.2, 0) is 4.79 Å². The molecule has 8 atom stereocenters. The number of hydrogen-bond acceptors (Lipinski definition) is 2. The average Bonchev–Trinajstić information content (AvgIpc) is 3.37. The van der Waals surface area contributed by atoms with Crippen molar-refractivity contribution in [3.63, 3.8) is 0 Å². The van der Waals surface area contributed by atoms with Crippen molar-refractivity contribution in [3.05, 3.63) is 0 Å². The molecule has 0 spiro atoms. The standard InChI is InChI=1S/C24H40O2.C19H42N.BrH.Na/c1-16(7-12-22(25)26)19-10-11-20-18-9-8-17-6-4-5-14-23(17,2)21(18)13-15-24(19,20)3;1-5-6-7-8-9-10-11-12-13-14-15-16-17-18-19-20(2,3)4;;/h16-21H,4-15H2,1-3H3,(H,25,26);5-19H2,1-4H3;1H;/q;+1;;+1/p-2/t16-,17?,18+,19-,20+,21+,23+,24-;;;/m1.../s1. The summed E-state index contributed by atoms with van der Waals surface area (Å²) in [6.07, 6.45) is 35.8. The average molecular weight is 747 g/mol. The van der Waals surface area contributed by atoms with Gasteiger partial charge in [-0.15, -0.1) is 0 Å². The molecule has 0 aliphatic heterocycles. The van der Waals surface area contributed by atoms with E-state index in [2.05, 4.69) is 48.8 Å². The van der Waals surface area contributed by atoms with E-state index in [1.54, 1.807) is 0 Å². The van der Waals surface area contributed by atoms with Gasteiger partial charge in [-0.3, -0.25) is 0 Å². The van der Waals surface area contributed by atoms with Crippen LogP contribution in [0.3, 0.4) is 0 Å². The van der Waals surface area contributed by atoms with Gasteiger partial charge in [0.15, 0.2) is 0 Å². The van der Waals surface area contributed by atoms with Gasteiger partial charge in [0.2, 0.25) is 0 Å². The van der Waals surface area contributed by atoms with Gasteiger partial charge < -0.3 is 31.4 Å². The summed E-state index contributed by atoms with van der Waals surface area (Å²) in [4.78, 5) is 10.9. The topological polar surface area (TPSA) is 40.1 Å².